The second-order valence-corrected chi connectivity index (χ2v) is 5.33. The van der Waals surface area contributed by atoms with Crippen molar-refractivity contribution in [3.63, 3.8) is 0 Å². The van der Waals surface area contributed by atoms with Gasteiger partial charge in [0.05, 0.1) is 11.3 Å². The third kappa shape index (κ3) is 2.14. The smallest absolute Gasteiger partial charge is 0.257 e. The molecule has 1 aromatic heterocycles. The zero-order valence-corrected chi connectivity index (χ0v) is 11.9. The van der Waals surface area contributed by atoms with Crippen molar-refractivity contribution < 1.29 is 4.79 Å². The summed E-state index contributed by atoms with van der Waals surface area (Å²) in [6.07, 6.45) is 1.05. The van der Waals surface area contributed by atoms with Crippen LogP contribution in [0, 0.1) is 13.8 Å². The van der Waals surface area contributed by atoms with E-state index in [4.69, 9.17) is 0 Å². The average Bonchev–Trinajstić information content (AvgIpc) is 2.85. The number of carbonyl (C=O) groups excluding carboxylic acids is 1. The van der Waals surface area contributed by atoms with E-state index in [1.807, 2.05) is 25.8 Å². The van der Waals surface area contributed by atoms with Crippen molar-refractivity contribution in [3.8, 4) is 0 Å². The molecule has 1 aliphatic rings. The van der Waals surface area contributed by atoms with Crippen LogP contribution >= 0.6 is 0 Å². The Labute approximate surface area is 108 Å². The van der Waals surface area contributed by atoms with E-state index in [1.165, 1.54) is 0 Å². The number of likely N-dealkylation sites (N-methyl/N-ethyl adjacent to an activating group) is 1. The van der Waals surface area contributed by atoms with Crippen molar-refractivity contribution in [2.75, 3.05) is 27.2 Å². The summed E-state index contributed by atoms with van der Waals surface area (Å²) in [5, 5.41) is 4.32. The first kappa shape index (κ1) is 13.1. The quantitative estimate of drug-likeness (QED) is 0.780. The minimum Gasteiger partial charge on any atom is -0.337 e. The first-order chi connectivity index (χ1) is 8.41. The molecule has 0 aromatic carbocycles. The van der Waals surface area contributed by atoms with Gasteiger partial charge in [-0.15, -0.1) is 0 Å². The van der Waals surface area contributed by atoms with Crippen molar-refractivity contribution in [2.45, 2.75) is 26.3 Å². The van der Waals surface area contributed by atoms with Gasteiger partial charge in [0.2, 0.25) is 0 Å². The number of aryl methyl sites for hydroxylation is 2. The van der Waals surface area contributed by atoms with Gasteiger partial charge in [-0.05, 0) is 34.4 Å². The average molecular weight is 250 g/mol. The van der Waals surface area contributed by atoms with Crippen LogP contribution in [0.5, 0.6) is 0 Å². The predicted octanol–water partition coefficient (Wildman–Crippen LogP) is 0.813. The summed E-state index contributed by atoms with van der Waals surface area (Å²) < 4.78 is 1.78. The van der Waals surface area contributed by atoms with E-state index in [-0.39, 0.29) is 5.91 Å². The van der Waals surface area contributed by atoms with E-state index in [9.17, 15) is 4.79 Å². The van der Waals surface area contributed by atoms with E-state index in [2.05, 4.69) is 24.1 Å². The minimum absolute atomic E-state index is 0.127. The molecule has 0 saturated carbocycles. The molecule has 1 saturated heterocycles. The lowest BCUT2D eigenvalue weighted by Crippen LogP contribution is -2.34. The number of likely N-dealkylation sites (tertiary alicyclic amines) is 1. The van der Waals surface area contributed by atoms with Crippen molar-refractivity contribution in [2.24, 2.45) is 7.05 Å². The highest BCUT2D eigenvalue weighted by molar-refractivity contribution is 5.96. The molecule has 1 aliphatic heterocycles. The lowest BCUT2D eigenvalue weighted by atomic mass is 10.1. The Morgan fingerprint density at radius 2 is 2.06 bits per heavy atom. The molecule has 1 unspecified atom stereocenters. The minimum atomic E-state index is 0.127. The molecule has 5 nitrogen and oxygen atoms in total. The molecule has 0 aliphatic carbocycles. The Morgan fingerprint density at radius 3 is 2.50 bits per heavy atom. The number of rotatable bonds is 2. The zero-order valence-electron chi connectivity index (χ0n) is 11.9. The van der Waals surface area contributed by atoms with Gasteiger partial charge in [-0.25, -0.2) is 0 Å². The highest BCUT2D eigenvalue weighted by atomic mass is 16.2. The van der Waals surface area contributed by atoms with Crippen molar-refractivity contribution in [1.29, 1.82) is 0 Å². The number of amides is 1. The monoisotopic (exact) mass is 250 g/mol. The van der Waals surface area contributed by atoms with Gasteiger partial charge in [0.25, 0.3) is 5.91 Å². The van der Waals surface area contributed by atoms with Gasteiger partial charge >= 0.3 is 0 Å². The van der Waals surface area contributed by atoms with Gasteiger partial charge in [0.15, 0.2) is 0 Å². The van der Waals surface area contributed by atoms with Crippen LogP contribution in [0.2, 0.25) is 0 Å². The summed E-state index contributed by atoms with van der Waals surface area (Å²) in [5.41, 5.74) is 2.55. The molecule has 2 heterocycles. The third-order valence-corrected chi connectivity index (χ3v) is 3.90. The van der Waals surface area contributed by atoms with E-state index < -0.39 is 0 Å². The van der Waals surface area contributed by atoms with Gasteiger partial charge in [0.1, 0.15) is 0 Å². The first-order valence-electron chi connectivity index (χ1n) is 6.37. The van der Waals surface area contributed by atoms with Gasteiger partial charge in [-0.2, -0.15) is 5.10 Å². The lowest BCUT2D eigenvalue weighted by molar-refractivity contribution is 0.0781. The summed E-state index contributed by atoms with van der Waals surface area (Å²) in [5.74, 6) is 0.127. The van der Waals surface area contributed by atoms with Gasteiger partial charge in [0, 0.05) is 31.9 Å². The number of nitrogens with zero attached hydrogens (tertiary/aromatic N) is 4. The van der Waals surface area contributed by atoms with Crippen LogP contribution in [0.1, 0.15) is 28.2 Å². The molecule has 1 fully saturated rings. The van der Waals surface area contributed by atoms with Crippen LogP contribution in [-0.4, -0.2) is 58.7 Å². The van der Waals surface area contributed by atoms with Gasteiger partial charge in [-0.1, -0.05) is 0 Å². The molecule has 0 radical (unpaired) electrons. The van der Waals surface area contributed by atoms with E-state index >= 15 is 0 Å². The summed E-state index contributed by atoms with van der Waals surface area (Å²) in [6, 6.07) is 0.478. The van der Waals surface area contributed by atoms with Crippen LogP contribution in [0.15, 0.2) is 0 Å². The molecular formula is C13H22N4O. The van der Waals surface area contributed by atoms with E-state index in [0.29, 0.717) is 6.04 Å². The fourth-order valence-electron chi connectivity index (χ4n) is 2.59. The van der Waals surface area contributed by atoms with Gasteiger partial charge in [-0.3, -0.25) is 9.48 Å². The molecule has 5 heteroatoms. The summed E-state index contributed by atoms with van der Waals surface area (Å²) >= 11 is 0. The maximum atomic E-state index is 12.5. The topological polar surface area (TPSA) is 41.4 Å². The number of hydrogen-bond acceptors (Lipinski definition) is 3. The SMILES string of the molecule is Cc1nn(C)c(C)c1C(=O)N1CCC(N(C)C)C1. The molecule has 0 N–H and O–H groups in total. The van der Waals surface area contributed by atoms with Crippen molar-refractivity contribution in [3.05, 3.63) is 17.0 Å². The van der Waals surface area contributed by atoms with Crippen molar-refractivity contribution >= 4 is 5.91 Å². The Bertz CT molecular complexity index is 464. The summed E-state index contributed by atoms with van der Waals surface area (Å²) in [7, 11) is 6.02. The molecular weight excluding hydrogens is 228 g/mol. The van der Waals surface area contributed by atoms with E-state index in [0.717, 1.165) is 36.5 Å². The van der Waals surface area contributed by atoms with Crippen LogP contribution in [0.25, 0.3) is 0 Å². The molecule has 100 valence electrons. The Balaban J connectivity index is 2.18. The molecule has 0 spiro atoms. The highest BCUT2D eigenvalue weighted by Gasteiger charge is 2.30. The molecule has 1 atom stereocenters. The third-order valence-electron chi connectivity index (χ3n) is 3.90. The standard InChI is InChI=1S/C13H22N4O/c1-9-12(10(2)16(5)14-9)13(18)17-7-6-11(8-17)15(3)4/h11H,6-8H2,1-5H3. The summed E-state index contributed by atoms with van der Waals surface area (Å²) in [6.45, 7) is 5.52. The van der Waals surface area contributed by atoms with E-state index in [1.54, 1.807) is 4.68 Å². The number of aromatic nitrogens is 2. The Kier molecular flexibility index (Phi) is 3.43. The molecule has 2 rings (SSSR count). The van der Waals surface area contributed by atoms with Crippen LogP contribution in [0.4, 0.5) is 0 Å². The lowest BCUT2D eigenvalue weighted by Gasteiger charge is -2.20. The molecule has 1 amide bonds. The highest BCUT2D eigenvalue weighted by Crippen LogP contribution is 2.20. The molecule has 18 heavy (non-hydrogen) atoms. The maximum Gasteiger partial charge on any atom is 0.257 e. The first-order valence-corrected chi connectivity index (χ1v) is 6.37. The largest absolute Gasteiger partial charge is 0.337 e. The molecule has 1 aromatic rings. The maximum absolute atomic E-state index is 12.5. The number of hydrogen-bond donors (Lipinski definition) is 0. The fourth-order valence-corrected chi connectivity index (χ4v) is 2.59. The Morgan fingerprint density at radius 1 is 1.39 bits per heavy atom. The second-order valence-electron chi connectivity index (χ2n) is 5.33. The van der Waals surface area contributed by atoms with Crippen LogP contribution in [0.3, 0.4) is 0 Å². The fraction of sp³-hybridized carbons (Fsp3) is 0.692. The van der Waals surface area contributed by atoms with Crippen molar-refractivity contribution in [1.82, 2.24) is 19.6 Å². The van der Waals surface area contributed by atoms with Crippen LogP contribution in [-0.2, 0) is 7.05 Å². The number of carbonyl (C=O) groups is 1. The summed E-state index contributed by atoms with van der Waals surface area (Å²) in [4.78, 5) is 16.7. The Hall–Kier alpha value is -1.36. The molecule has 0 bridgehead atoms. The predicted molar refractivity (Wildman–Crippen MR) is 70.7 cm³/mol. The normalized spacial score (nSPS) is 19.9. The van der Waals surface area contributed by atoms with Crippen LogP contribution < -0.4 is 0 Å². The zero-order chi connectivity index (χ0) is 13.4. The second kappa shape index (κ2) is 4.72. The van der Waals surface area contributed by atoms with Gasteiger partial charge < -0.3 is 9.80 Å².